The van der Waals surface area contributed by atoms with Crippen LogP contribution in [0.3, 0.4) is 0 Å². The van der Waals surface area contributed by atoms with Crippen molar-refractivity contribution in [3.05, 3.63) is 37.4 Å². The number of aromatic nitrogens is 2. The number of halogens is 2. The first-order valence-corrected chi connectivity index (χ1v) is 7.78. The van der Waals surface area contributed by atoms with Crippen LogP contribution in [0.25, 0.3) is 0 Å². The summed E-state index contributed by atoms with van der Waals surface area (Å²) in [4.78, 5) is 10.5. The molecular weight excluding hydrogens is 384 g/mol. The number of nitro groups is 1. The maximum Gasteiger partial charge on any atom is 0.313 e. The minimum Gasteiger partial charge on any atom is -0.479 e. The van der Waals surface area contributed by atoms with Crippen molar-refractivity contribution in [3.8, 4) is 5.75 Å². The number of nitrogens with one attached hydrogen (secondary N) is 1. The van der Waals surface area contributed by atoms with E-state index < -0.39 is 4.92 Å². The lowest BCUT2D eigenvalue weighted by Gasteiger charge is -2.09. The van der Waals surface area contributed by atoms with Crippen LogP contribution in [-0.2, 0) is 6.61 Å². The summed E-state index contributed by atoms with van der Waals surface area (Å²) in [6.45, 7) is 2.74. The van der Waals surface area contributed by atoms with Crippen molar-refractivity contribution >= 4 is 49.8 Å². The van der Waals surface area contributed by atoms with Crippen LogP contribution in [0.5, 0.6) is 5.75 Å². The molecule has 1 heterocycles. The molecule has 21 heavy (non-hydrogen) atoms. The van der Waals surface area contributed by atoms with Gasteiger partial charge >= 0.3 is 5.69 Å². The molecule has 0 bridgehead atoms. The van der Waals surface area contributed by atoms with E-state index in [0.717, 1.165) is 11.5 Å². The summed E-state index contributed by atoms with van der Waals surface area (Å²) >= 11 is 10.2. The van der Waals surface area contributed by atoms with Gasteiger partial charge in [-0.25, -0.2) is 0 Å². The number of ether oxygens (including phenoxy) is 1. The van der Waals surface area contributed by atoms with Crippen LogP contribution in [0.15, 0.2) is 16.6 Å². The zero-order valence-corrected chi connectivity index (χ0v) is 14.0. The van der Waals surface area contributed by atoms with Gasteiger partial charge in [-0.3, -0.25) is 10.1 Å². The highest BCUT2D eigenvalue weighted by Crippen LogP contribution is 2.38. The maximum atomic E-state index is 11.1. The molecule has 0 atom stereocenters. The van der Waals surface area contributed by atoms with Gasteiger partial charge in [0.2, 0.25) is 5.75 Å². The van der Waals surface area contributed by atoms with Gasteiger partial charge in [-0.1, -0.05) is 16.1 Å². The van der Waals surface area contributed by atoms with Gasteiger partial charge in [-0.2, -0.15) is 0 Å². The van der Waals surface area contributed by atoms with Gasteiger partial charge in [0.15, 0.2) is 0 Å². The molecule has 7 nitrogen and oxygen atoms in total. The predicted octanol–water partition coefficient (Wildman–Crippen LogP) is 3.87. The molecule has 10 heteroatoms. The Morgan fingerprint density at radius 3 is 3.00 bits per heavy atom. The Bertz CT molecular complexity index is 667. The van der Waals surface area contributed by atoms with Gasteiger partial charge in [-0.15, -0.1) is 5.10 Å². The zero-order valence-electron chi connectivity index (χ0n) is 10.8. The third kappa shape index (κ3) is 3.80. The fourth-order valence-electron chi connectivity index (χ4n) is 1.56. The van der Waals surface area contributed by atoms with Crippen molar-refractivity contribution in [2.75, 3.05) is 11.9 Å². The van der Waals surface area contributed by atoms with Gasteiger partial charge in [0.1, 0.15) is 17.3 Å². The summed E-state index contributed by atoms with van der Waals surface area (Å²) in [7, 11) is 0. The molecule has 1 aromatic carbocycles. The van der Waals surface area contributed by atoms with Gasteiger partial charge in [0.25, 0.3) is 0 Å². The lowest BCUT2D eigenvalue weighted by molar-refractivity contribution is -0.386. The number of benzene rings is 1. The van der Waals surface area contributed by atoms with Gasteiger partial charge in [0.05, 0.1) is 9.40 Å². The second-order valence-electron chi connectivity index (χ2n) is 3.86. The highest BCUT2D eigenvalue weighted by atomic mass is 79.9. The standard InChI is InChI=1S/C11H10BrClN4O3S/c1-2-14-11-8(15-16-21-11)5-20-10-7(12)3-6(13)4-9(10)17(18)19/h3-4,14H,2,5H2,1H3. The maximum absolute atomic E-state index is 11.1. The van der Waals surface area contributed by atoms with Crippen LogP contribution in [0, 0.1) is 10.1 Å². The molecule has 0 radical (unpaired) electrons. The van der Waals surface area contributed by atoms with Crippen LogP contribution < -0.4 is 10.1 Å². The Morgan fingerprint density at radius 1 is 1.57 bits per heavy atom. The normalized spacial score (nSPS) is 10.4. The summed E-state index contributed by atoms with van der Waals surface area (Å²) < 4.78 is 9.77. The highest BCUT2D eigenvalue weighted by Gasteiger charge is 2.21. The molecule has 2 aromatic rings. The number of hydrogen-bond donors (Lipinski definition) is 1. The Labute approximate surface area is 137 Å². The molecule has 0 saturated carbocycles. The van der Waals surface area contributed by atoms with Crippen LogP contribution in [0.2, 0.25) is 5.02 Å². The third-order valence-corrected chi connectivity index (χ3v) is 3.96. The smallest absolute Gasteiger partial charge is 0.313 e. The summed E-state index contributed by atoms with van der Waals surface area (Å²) in [5, 5.41) is 19.1. The Morgan fingerprint density at radius 2 is 2.33 bits per heavy atom. The molecule has 0 saturated heterocycles. The minimum atomic E-state index is -0.545. The highest BCUT2D eigenvalue weighted by molar-refractivity contribution is 9.10. The van der Waals surface area contributed by atoms with Crippen LogP contribution >= 0.6 is 39.1 Å². The molecule has 112 valence electrons. The van der Waals surface area contributed by atoms with Crippen LogP contribution in [-0.4, -0.2) is 21.1 Å². The second-order valence-corrected chi connectivity index (χ2v) is 5.91. The van der Waals surface area contributed by atoms with Crippen LogP contribution in [0.1, 0.15) is 12.6 Å². The molecule has 0 aliphatic carbocycles. The summed E-state index contributed by atoms with van der Waals surface area (Å²) in [5.41, 5.74) is 0.389. The molecule has 1 N–H and O–H groups in total. The second kappa shape index (κ2) is 7.01. The van der Waals surface area contributed by atoms with Crippen molar-refractivity contribution in [2.45, 2.75) is 13.5 Å². The summed E-state index contributed by atoms with van der Waals surface area (Å²) in [5.74, 6) is 0.111. The summed E-state index contributed by atoms with van der Waals surface area (Å²) in [6, 6.07) is 2.78. The van der Waals surface area contributed by atoms with Crippen molar-refractivity contribution in [1.29, 1.82) is 0 Å². The SMILES string of the molecule is CCNc1snnc1COc1c(Br)cc(Cl)cc1[N+](=O)[O-]. The van der Waals surface area contributed by atoms with Crippen molar-refractivity contribution in [3.63, 3.8) is 0 Å². The molecule has 1 aromatic heterocycles. The van der Waals surface area contributed by atoms with Crippen molar-refractivity contribution in [2.24, 2.45) is 0 Å². The van der Waals surface area contributed by atoms with Gasteiger partial charge in [0, 0.05) is 29.2 Å². The molecule has 0 unspecified atom stereocenters. The monoisotopic (exact) mass is 392 g/mol. The number of hydrogen-bond acceptors (Lipinski definition) is 7. The van der Waals surface area contributed by atoms with Gasteiger partial charge < -0.3 is 10.1 Å². The molecule has 0 aliphatic rings. The van der Waals surface area contributed by atoms with E-state index in [1.807, 2.05) is 6.92 Å². The first-order valence-electron chi connectivity index (χ1n) is 5.84. The molecule has 0 fully saturated rings. The molecule has 0 spiro atoms. The fourth-order valence-corrected chi connectivity index (χ4v) is 3.11. The van der Waals surface area contributed by atoms with E-state index in [2.05, 4.69) is 30.8 Å². The number of nitro benzene ring substituents is 1. The molecular formula is C11H10BrClN4O3S. The third-order valence-electron chi connectivity index (χ3n) is 2.43. The van der Waals surface area contributed by atoms with E-state index in [4.69, 9.17) is 16.3 Å². The number of nitrogens with zero attached hydrogens (tertiary/aromatic N) is 3. The Kier molecular flexibility index (Phi) is 5.32. The fraction of sp³-hybridized carbons (Fsp3) is 0.273. The number of rotatable bonds is 6. The molecule has 0 amide bonds. The minimum absolute atomic E-state index is 0.0694. The Balaban J connectivity index is 2.23. The average Bonchev–Trinajstić information content (AvgIpc) is 2.85. The largest absolute Gasteiger partial charge is 0.479 e. The van der Waals surface area contributed by atoms with E-state index >= 15 is 0 Å². The summed E-state index contributed by atoms with van der Waals surface area (Å²) in [6.07, 6.45) is 0. The van der Waals surface area contributed by atoms with E-state index in [1.54, 1.807) is 0 Å². The average molecular weight is 394 g/mol. The lowest BCUT2D eigenvalue weighted by atomic mass is 10.3. The van der Waals surface area contributed by atoms with Crippen LogP contribution in [0.4, 0.5) is 10.7 Å². The molecule has 0 aliphatic heterocycles. The van der Waals surface area contributed by atoms with Crippen molar-refractivity contribution < 1.29 is 9.66 Å². The van der Waals surface area contributed by atoms with E-state index in [-0.39, 0.29) is 23.1 Å². The topological polar surface area (TPSA) is 90.2 Å². The first kappa shape index (κ1) is 15.9. The van der Waals surface area contributed by atoms with E-state index in [1.165, 1.54) is 23.7 Å². The van der Waals surface area contributed by atoms with E-state index in [0.29, 0.717) is 10.2 Å². The Hall–Kier alpha value is -1.45. The van der Waals surface area contributed by atoms with Crippen molar-refractivity contribution in [1.82, 2.24) is 9.59 Å². The first-order chi connectivity index (χ1) is 10.0. The van der Waals surface area contributed by atoms with Gasteiger partial charge in [-0.05, 0) is 28.9 Å². The quantitative estimate of drug-likeness (QED) is 0.592. The predicted molar refractivity (Wildman–Crippen MR) is 84.2 cm³/mol. The zero-order chi connectivity index (χ0) is 15.4. The lowest BCUT2D eigenvalue weighted by Crippen LogP contribution is -2.04. The number of anilines is 1. The van der Waals surface area contributed by atoms with E-state index in [9.17, 15) is 10.1 Å². The molecule has 2 rings (SSSR count).